The fraction of sp³-hybridized carbons (Fsp3) is 0.667. The number of likely N-dealkylation sites (N-methyl/N-ethyl adjacent to an activating group) is 1. The van der Waals surface area contributed by atoms with Gasteiger partial charge in [0.15, 0.2) is 0 Å². The van der Waals surface area contributed by atoms with Gasteiger partial charge < -0.3 is 10.0 Å². The fourth-order valence-electron chi connectivity index (χ4n) is 4.52. The van der Waals surface area contributed by atoms with E-state index in [1.54, 1.807) is 0 Å². The number of hydrogen-bond acceptors (Lipinski definition) is 5. The van der Waals surface area contributed by atoms with Crippen molar-refractivity contribution in [3.63, 3.8) is 0 Å². The Bertz CT molecular complexity index is 606. The average molecular weight is 357 g/mol. The predicted octanol–water partition coefficient (Wildman–Crippen LogP) is 1.77. The van der Waals surface area contributed by atoms with Crippen molar-refractivity contribution < 1.29 is 5.11 Å². The van der Waals surface area contributed by atoms with Crippen LogP contribution in [0.25, 0.3) is 0 Å². The summed E-state index contributed by atoms with van der Waals surface area (Å²) in [6.45, 7) is 7.92. The van der Waals surface area contributed by atoms with E-state index >= 15 is 0 Å². The Hall–Kier alpha value is -1.45. The molecule has 0 bridgehead atoms. The molecular weight excluding hydrogens is 324 g/mol. The second kappa shape index (κ2) is 9.48. The maximum absolute atomic E-state index is 9.34. The zero-order valence-corrected chi connectivity index (χ0v) is 16.0. The van der Waals surface area contributed by atoms with Gasteiger partial charge in [-0.2, -0.15) is 5.26 Å². The van der Waals surface area contributed by atoms with Crippen molar-refractivity contribution >= 4 is 0 Å². The Balaban J connectivity index is 1.64. The predicted molar refractivity (Wildman–Crippen MR) is 104 cm³/mol. The molecule has 2 aliphatic heterocycles. The number of nitriles is 1. The average Bonchev–Trinajstić information content (AvgIpc) is 2.68. The molecule has 2 fully saturated rings. The van der Waals surface area contributed by atoms with Crippen LogP contribution in [-0.4, -0.2) is 78.8 Å². The number of aliphatic hydroxyl groups excluding tert-OH is 1. The zero-order valence-electron chi connectivity index (χ0n) is 16.0. The molecular formula is C21H32N4O. The summed E-state index contributed by atoms with van der Waals surface area (Å²) in [4.78, 5) is 7.60. The van der Waals surface area contributed by atoms with Crippen LogP contribution in [0, 0.1) is 17.2 Å². The summed E-state index contributed by atoms with van der Waals surface area (Å²) in [6.07, 6.45) is 3.16. The maximum Gasteiger partial charge on any atom is 0.0995 e. The van der Waals surface area contributed by atoms with Crippen LogP contribution in [0.2, 0.25) is 0 Å². The second-order valence-corrected chi connectivity index (χ2v) is 7.83. The van der Waals surface area contributed by atoms with E-state index in [0.29, 0.717) is 12.0 Å². The first-order valence-corrected chi connectivity index (χ1v) is 9.95. The largest absolute Gasteiger partial charge is 0.396 e. The molecule has 0 aromatic heterocycles. The molecule has 26 heavy (non-hydrogen) atoms. The van der Waals surface area contributed by atoms with Gasteiger partial charge in [0.2, 0.25) is 0 Å². The highest BCUT2D eigenvalue weighted by Crippen LogP contribution is 2.28. The van der Waals surface area contributed by atoms with Gasteiger partial charge in [0.25, 0.3) is 0 Å². The van der Waals surface area contributed by atoms with Gasteiger partial charge in [-0.3, -0.25) is 9.80 Å². The van der Waals surface area contributed by atoms with Crippen molar-refractivity contribution in [3.8, 4) is 6.07 Å². The SMILES string of the molecule is CN1CCN([C@@H]2CCN(Cc3ccccc3C#N)C[C@@H]2CCCO)CC1. The minimum atomic E-state index is 0.281. The molecule has 1 N–H and O–H groups in total. The summed E-state index contributed by atoms with van der Waals surface area (Å²) in [5.41, 5.74) is 1.93. The van der Waals surface area contributed by atoms with Crippen LogP contribution >= 0.6 is 0 Å². The lowest BCUT2D eigenvalue weighted by Gasteiger charge is -2.46. The first kappa shape index (κ1) is 19.3. The van der Waals surface area contributed by atoms with E-state index in [0.717, 1.165) is 69.8 Å². The lowest BCUT2D eigenvalue weighted by atomic mass is 9.86. The second-order valence-electron chi connectivity index (χ2n) is 7.83. The molecule has 2 heterocycles. The number of likely N-dealkylation sites (tertiary alicyclic amines) is 1. The zero-order chi connectivity index (χ0) is 18.4. The molecule has 0 saturated carbocycles. The summed E-state index contributed by atoms with van der Waals surface area (Å²) < 4.78 is 0. The first-order valence-electron chi connectivity index (χ1n) is 9.95. The normalized spacial score (nSPS) is 25.9. The van der Waals surface area contributed by atoms with Crippen molar-refractivity contribution in [1.29, 1.82) is 5.26 Å². The highest BCUT2D eigenvalue weighted by molar-refractivity contribution is 5.37. The molecule has 0 spiro atoms. The lowest BCUT2D eigenvalue weighted by molar-refractivity contribution is 0.0211. The Morgan fingerprint density at radius 2 is 1.92 bits per heavy atom. The van der Waals surface area contributed by atoms with E-state index < -0.39 is 0 Å². The van der Waals surface area contributed by atoms with E-state index in [-0.39, 0.29) is 6.61 Å². The van der Waals surface area contributed by atoms with Gasteiger partial charge >= 0.3 is 0 Å². The van der Waals surface area contributed by atoms with E-state index in [9.17, 15) is 10.4 Å². The van der Waals surface area contributed by atoms with E-state index in [1.165, 1.54) is 6.42 Å². The quantitative estimate of drug-likeness (QED) is 0.842. The molecule has 0 unspecified atom stereocenters. The van der Waals surface area contributed by atoms with Crippen LogP contribution in [0.4, 0.5) is 0 Å². The van der Waals surface area contributed by atoms with Crippen LogP contribution in [-0.2, 0) is 6.54 Å². The van der Waals surface area contributed by atoms with Crippen molar-refractivity contribution in [2.45, 2.75) is 31.8 Å². The number of hydrogen-bond donors (Lipinski definition) is 1. The number of aliphatic hydroxyl groups is 1. The molecule has 2 atom stereocenters. The number of piperazine rings is 1. The maximum atomic E-state index is 9.34. The van der Waals surface area contributed by atoms with E-state index in [4.69, 9.17) is 0 Å². The number of nitrogens with zero attached hydrogens (tertiary/aromatic N) is 4. The first-order chi connectivity index (χ1) is 12.7. The summed E-state index contributed by atoms with van der Waals surface area (Å²) >= 11 is 0. The summed E-state index contributed by atoms with van der Waals surface area (Å²) in [6, 6.07) is 10.9. The third-order valence-corrected chi connectivity index (χ3v) is 6.05. The monoisotopic (exact) mass is 356 g/mol. The van der Waals surface area contributed by atoms with Crippen LogP contribution in [0.15, 0.2) is 24.3 Å². The van der Waals surface area contributed by atoms with Crippen molar-refractivity contribution in [3.05, 3.63) is 35.4 Å². The molecule has 2 saturated heterocycles. The Labute approximate surface area is 157 Å². The summed E-state index contributed by atoms with van der Waals surface area (Å²) in [5, 5.41) is 18.7. The molecule has 0 amide bonds. The van der Waals surface area contributed by atoms with Crippen molar-refractivity contribution in [2.75, 3.05) is 52.9 Å². The van der Waals surface area contributed by atoms with Gasteiger partial charge in [-0.05, 0) is 50.4 Å². The third-order valence-electron chi connectivity index (χ3n) is 6.05. The van der Waals surface area contributed by atoms with Crippen molar-refractivity contribution in [2.24, 2.45) is 5.92 Å². The Morgan fingerprint density at radius 3 is 2.65 bits per heavy atom. The van der Waals surface area contributed by atoms with Crippen LogP contribution < -0.4 is 0 Å². The van der Waals surface area contributed by atoms with Crippen LogP contribution in [0.5, 0.6) is 0 Å². The molecule has 3 rings (SSSR count). The van der Waals surface area contributed by atoms with Gasteiger partial charge in [-0.25, -0.2) is 0 Å². The highest BCUT2D eigenvalue weighted by atomic mass is 16.2. The van der Waals surface area contributed by atoms with Gasteiger partial charge in [0, 0.05) is 51.9 Å². The summed E-state index contributed by atoms with van der Waals surface area (Å²) in [5.74, 6) is 0.605. The Morgan fingerprint density at radius 1 is 1.15 bits per heavy atom. The number of benzene rings is 1. The number of piperidine rings is 1. The summed E-state index contributed by atoms with van der Waals surface area (Å²) in [7, 11) is 2.20. The fourth-order valence-corrected chi connectivity index (χ4v) is 4.52. The molecule has 1 aromatic rings. The lowest BCUT2D eigenvalue weighted by Crippen LogP contribution is -2.56. The molecule has 0 aliphatic carbocycles. The van der Waals surface area contributed by atoms with Crippen LogP contribution in [0.3, 0.4) is 0 Å². The smallest absolute Gasteiger partial charge is 0.0995 e. The third kappa shape index (κ3) is 4.83. The Kier molecular flexibility index (Phi) is 7.04. The van der Waals surface area contributed by atoms with Gasteiger partial charge in [0.05, 0.1) is 11.6 Å². The molecule has 1 aromatic carbocycles. The minimum absolute atomic E-state index is 0.281. The minimum Gasteiger partial charge on any atom is -0.396 e. The van der Waals surface area contributed by atoms with Gasteiger partial charge in [0.1, 0.15) is 0 Å². The highest BCUT2D eigenvalue weighted by Gasteiger charge is 2.34. The van der Waals surface area contributed by atoms with Crippen LogP contribution in [0.1, 0.15) is 30.4 Å². The molecule has 0 radical (unpaired) electrons. The molecule has 142 valence electrons. The topological polar surface area (TPSA) is 53.7 Å². The van der Waals surface area contributed by atoms with E-state index in [1.807, 2.05) is 18.2 Å². The number of rotatable bonds is 6. The van der Waals surface area contributed by atoms with Crippen molar-refractivity contribution in [1.82, 2.24) is 14.7 Å². The van der Waals surface area contributed by atoms with Gasteiger partial charge in [-0.1, -0.05) is 18.2 Å². The molecule has 5 nitrogen and oxygen atoms in total. The van der Waals surface area contributed by atoms with Gasteiger partial charge in [-0.15, -0.1) is 0 Å². The molecule has 2 aliphatic rings. The molecule has 5 heteroatoms. The standard InChI is InChI=1S/C21H32N4O/c1-23-10-12-25(13-11-23)21-8-9-24(17-20(21)7-4-14-26)16-19-6-3-2-5-18(19)15-22/h2-3,5-6,20-21,26H,4,7-14,16-17H2,1H3/t20-,21+/m0/s1. The van der Waals surface area contributed by atoms with E-state index in [2.05, 4.69) is 33.9 Å².